The molecule has 0 saturated heterocycles. The van der Waals surface area contributed by atoms with Crippen LogP contribution in [0, 0.1) is 5.82 Å². The van der Waals surface area contributed by atoms with E-state index in [-0.39, 0.29) is 24.2 Å². The third kappa shape index (κ3) is 2.54. The number of hydrogen-bond donors (Lipinski definition) is 1. The number of nitrogens with two attached hydrogens (primary N) is 1. The van der Waals surface area contributed by atoms with Crippen molar-refractivity contribution < 1.29 is 9.13 Å². The normalized spacial score (nSPS) is 17.8. The molecule has 1 unspecified atom stereocenters. The lowest BCUT2D eigenvalue weighted by atomic mass is 9.89. The minimum atomic E-state index is -0.364. The third-order valence-electron chi connectivity index (χ3n) is 3.86. The predicted octanol–water partition coefficient (Wildman–Crippen LogP) is 4.00. The van der Waals surface area contributed by atoms with Gasteiger partial charge in [0.05, 0.1) is 18.4 Å². The summed E-state index contributed by atoms with van der Waals surface area (Å²) in [4.78, 5) is 0. The van der Waals surface area contributed by atoms with E-state index in [1.54, 1.807) is 18.2 Å². The highest BCUT2D eigenvalue weighted by atomic mass is 19.1. The van der Waals surface area contributed by atoms with Crippen LogP contribution in [0.4, 0.5) is 10.1 Å². The minimum Gasteiger partial charge on any atom is -0.396 e. The summed E-state index contributed by atoms with van der Waals surface area (Å²) in [6, 6.07) is 13.4. The molecule has 0 radical (unpaired) electrons. The Bertz CT molecular complexity index is 612. The van der Waals surface area contributed by atoms with Crippen molar-refractivity contribution in [2.24, 2.45) is 0 Å². The lowest BCUT2D eigenvalue weighted by molar-refractivity contribution is 0.0269. The van der Waals surface area contributed by atoms with Crippen molar-refractivity contribution in [2.75, 3.05) is 5.73 Å². The molecule has 2 nitrogen and oxygen atoms in total. The highest BCUT2D eigenvalue weighted by molar-refractivity contribution is 5.42. The van der Waals surface area contributed by atoms with Crippen molar-refractivity contribution in [1.29, 1.82) is 0 Å². The highest BCUT2D eigenvalue weighted by Gasteiger charge is 2.20. The molecule has 20 heavy (non-hydrogen) atoms. The van der Waals surface area contributed by atoms with Gasteiger partial charge in [-0.2, -0.15) is 0 Å². The fraction of sp³-hybridized carbons (Fsp3) is 0.294. The fourth-order valence-electron chi connectivity index (χ4n) is 2.78. The second kappa shape index (κ2) is 5.63. The van der Waals surface area contributed by atoms with Gasteiger partial charge in [0.25, 0.3) is 0 Å². The molecule has 2 N–H and O–H groups in total. The van der Waals surface area contributed by atoms with Crippen LogP contribution < -0.4 is 5.73 Å². The minimum absolute atomic E-state index is 0.0563. The Kier molecular flexibility index (Phi) is 3.70. The first-order chi connectivity index (χ1) is 9.75. The second-order valence-corrected chi connectivity index (χ2v) is 5.21. The second-order valence-electron chi connectivity index (χ2n) is 5.21. The van der Waals surface area contributed by atoms with Crippen LogP contribution in [-0.2, 0) is 17.8 Å². The summed E-state index contributed by atoms with van der Waals surface area (Å²) in [7, 11) is 0. The maximum atomic E-state index is 13.8. The molecule has 0 amide bonds. The summed E-state index contributed by atoms with van der Waals surface area (Å²) in [5.41, 5.74) is 8.86. The van der Waals surface area contributed by atoms with Crippen LogP contribution in [0.25, 0.3) is 0 Å². The summed E-state index contributed by atoms with van der Waals surface area (Å²) < 4.78 is 19.8. The van der Waals surface area contributed by atoms with Crippen molar-refractivity contribution in [3.8, 4) is 0 Å². The van der Waals surface area contributed by atoms with E-state index in [9.17, 15) is 4.39 Å². The Labute approximate surface area is 118 Å². The van der Waals surface area contributed by atoms with Crippen LogP contribution in [0.1, 0.15) is 35.6 Å². The number of rotatable bonds is 3. The number of halogens is 1. The van der Waals surface area contributed by atoms with Crippen LogP contribution in [0.5, 0.6) is 0 Å². The Balaban J connectivity index is 1.75. The maximum Gasteiger partial charge on any atom is 0.151 e. The maximum absolute atomic E-state index is 13.8. The fourth-order valence-corrected chi connectivity index (χ4v) is 2.78. The van der Waals surface area contributed by atoms with Crippen LogP contribution in [-0.4, -0.2) is 0 Å². The van der Waals surface area contributed by atoms with Crippen molar-refractivity contribution in [2.45, 2.75) is 32.0 Å². The van der Waals surface area contributed by atoms with E-state index in [1.807, 2.05) is 6.07 Å². The zero-order chi connectivity index (χ0) is 13.9. The van der Waals surface area contributed by atoms with E-state index in [4.69, 9.17) is 10.5 Å². The van der Waals surface area contributed by atoms with E-state index in [0.29, 0.717) is 5.56 Å². The molecule has 2 aromatic rings. The first-order valence-corrected chi connectivity index (χ1v) is 6.98. The average Bonchev–Trinajstić information content (AvgIpc) is 2.49. The molecule has 3 rings (SSSR count). The standard InChI is InChI=1S/C17H18FNO/c18-17-13(7-3-9-15(17)19)11-20-16-10-4-6-12-5-1-2-8-14(12)16/h1-3,5,7-9,16H,4,6,10-11,19H2. The van der Waals surface area contributed by atoms with Gasteiger partial charge in [-0.05, 0) is 36.5 Å². The van der Waals surface area contributed by atoms with Gasteiger partial charge < -0.3 is 10.5 Å². The number of ether oxygens (including phenoxy) is 1. The lowest BCUT2D eigenvalue weighted by Crippen LogP contribution is -2.13. The van der Waals surface area contributed by atoms with E-state index < -0.39 is 0 Å². The molecule has 1 aliphatic rings. The highest BCUT2D eigenvalue weighted by Crippen LogP contribution is 2.33. The lowest BCUT2D eigenvalue weighted by Gasteiger charge is -2.25. The van der Waals surface area contributed by atoms with Crippen LogP contribution in [0.15, 0.2) is 42.5 Å². The zero-order valence-electron chi connectivity index (χ0n) is 11.3. The van der Waals surface area contributed by atoms with Gasteiger partial charge in [0.1, 0.15) is 0 Å². The smallest absolute Gasteiger partial charge is 0.151 e. The Morgan fingerprint density at radius 1 is 1.15 bits per heavy atom. The van der Waals surface area contributed by atoms with E-state index in [0.717, 1.165) is 19.3 Å². The zero-order valence-corrected chi connectivity index (χ0v) is 11.3. The summed E-state index contributed by atoms with van der Waals surface area (Å²) in [6.07, 6.45) is 3.26. The van der Waals surface area contributed by atoms with Gasteiger partial charge >= 0.3 is 0 Å². The molecule has 0 heterocycles. The average molecular weight is 271 g/mol. The molecule has 1 aliphatic carbocycles. The number of nitrogen functional groups attached to an aromatic ring is 1. The van der Waals surface area contributed by atoms with Gasteiger partial charge in [-0.15, -0.1) is 0 Å². The van der Waals surface area contributed by atoms with Gasteiger partial charge in [0.15, 0.2) is 5.82 Å². The SMILES string of the molecule is Nc1cccc(COC2CCCc3ccccc32)c1F. The number of benzene rings is 2. The van der Waals surface area contributed by atoms with Crippen LogP contribution >= 0.6 is 0 Å². The van der Waals surface area contributed by atoms with Gasteiger partial charge in [0.2, 0.25) is 0 Å². The third-order valence-corrected chi connectivity index (χ3v) is 3.86. The van der Waals surface area contributed by atoms with E-state index >= 15 is 0 Å². The van der Waals surface area contributed by atoms with Crippen molar-refractivity contribution in [3.63, 3.8) is 0 Å². The quantitative estimate of drug-likeness (QED) is 0.856. The van der Waals surface area contributed by atoms with Crippen molar-refractivity contribution in [1.82, 2.24) is 0 Å². The van der Waals surface area contributed by atoms with Crippen molar-refractivity contribution >= 4 is 5.69 Å². The topological polar surface area (TPSA) is 35.2 Å². The van der Waals surface area contributed by atoms with Crippen molar-refractivity contribution in [3.05, 3.63) is 65.0 Å². The Hall–Kier alpha value is -1.87. The van der Waals surface area contributed by atoms with Gasteiger partial charge in [-0.3, -0.25) is 0 Å². The molecule has 0 aromatic heterocycles. The number of fused-ring (bicyclic) bond motifs is 1. The summed E-state index contributed by atoms with van der Waals surface area (Å²) >= 11 is 0. The summed E-state index contributed by atoms with van der Waals surface area (Å²) in [5, 5.41) is 0. The summed E-state index contributed by atoms with van der Waals surface area (Å²) in [5.74, 6) is -0.364. The van der Waals surface area contributed by atoms with E-state index in [2.05, 4.69) is 18.2 Å². The molecule has 3 heteroatoms. The number of hydrogen-bond acceptors (Lipinski definition) is 2. The molecule has 1 atom stereocenters. The van der Waals surface area contributed by atoms with Crippen LogP contribution in [0.2, 0.25) is 0 Å². The van der Waals surface area contributed by atoms with Gasteiger partial charge in [-0.1, -0.05) is 36.4 Å². The monoisotopic (exact) mass is 271 g/mol. The molecule has 0 fully saturated rings. The number of anilines is 1. The number of aryl methyl sites for hydroxylation is 1. The molecule has 104 valence electrons. The predicted molar refractivity (Wildman–Crippen MR) is 77.7 cm³/mol. The molecule has 0 saturated carbocycles. The molecule has 0 spiro atoms. The van der Waals surface area contributed by atoms with E-state index in [1.165, 1.54) is 11.1 Å². The summed E-state index contributed by atoms with van der Waals surface area (Å²) in [6.45, 7) is 0.260. The molecular formula is C17H18FNO. The van der Waals surface area contributed by atoms with Gasteiger partial charge in [0, 0.05) is 5.56 Å². The molecule has 0 bridgehead atoms. The van der Waals surface area contributed by atoms with Crippen LogP contribution in [0.3, 0.4) is 0 Å². The molecule has 0 aliphatic heterocycles. The largest absolute Gasteiger partial charge is 0.396 e. The Morgan fingerprint density at radius 2 is 2.00 bits per heavy atom. The molecular weight excluding hydrogens is 253 g/mol. The first kappa shape index (κ1) is 13.1. The molecule has 2 aromatic carbocycles. The van der Waals surface area contributed by atoms with Gasteiger partial charge in [-0.25, -0.2) is 4.39 Å². The Morgan fingerprint density at radius 3 is 2.90 bits per heavy atom. The first-order valence-electron chi connectivity index (χ1n) is 6.98.